The molecule has 3 nitrogen and oxygen atoms in total. The quantitative estimate of drug-likeness (QED) is 0.690. The zero-order chi connectivity index (χ0) is 14.5. The van der Waals surface area contributed by atoms with Gasteiger partial charge in [-0.05, 0) is 30.8 Å². The molecule has 0 bridgehead atoms. The molecule has 0 saturated carbocycles. The van der Waals surface area contributed by atoms with E-state index in [-0.39, 0.29) is 6.04 Å². The molecule has 1 unspecified atom stereocenters. The molecule has 0 amide bonds. The Balaban J connectivity index is 1.77. The van der Waals surface area contributed by atoms with E-state index >= 15 is 0 Å². The van der Waals surface area contributed by atoms with Gasteiger partial charge in [0.1, 0.15) is 11.3 Å². The van der Waals surface area contributed by atoms with Crippen LogP contribution in [0.5, 0.6) is 0 Å². The Bertz CT molecular complexity index is 663. The van der Waals surface area contributed by atoms with Gasteiger partial charge in [-0.15, -0.1) is 11.8 Å². The van der Waals surface area contributed by atoms with Crippen LogP contribution in [0.25, 0.3) is 11.0 Å². The van der Waals surface area contributed by atoms with E-state index in [1.807, 2.05) is 54.5 Å². The zero-order valence-corrected chi connectivity index (χ0v) is 12.8. The molecule has 0 saturated heterocycles. The van der Waals surface area contributed by atoms with Crippen molar-refractivity contribution < 1.29 is 4.42 Å². The Labute approximate surface area is 128 Å². The summed E-state index contributed by atoms with van der Waals surface area (Å²) in [5.41, 5.74) is 0.948. The number of rotatable bonds is 6. The minimum atomic E-state index is 0.209. The van der Waals surface area contributed by atoms with E-state index in [0.29, 0.717) is 0 Å². The van der Waals surface area contributed by atoms with Crippen LogP contribution in [-0.2, 0) is 0 Å². The summed E-state index contributed by atoms with van der Waals surface area (Å²) in [6, 6.07) is 14.5. The molecule has 3 aromatic rings. The van der Waals surface area contributed by atoms with Gasteiger partial charge in [-0.2, -0.15) is 0 Å². The van der Waals surface area contributed by atoms with E-state index in [1.165, 1.54) is 4.90 Å². The Morgan fingerprint density at radius 1 is 1.19 bits per heavy atom. The first-order chi connectivity index (χ1) is 10.4. The fraction of sp³-hybridized carbons (Fsp3) is 0.235. The van der Waals surface area contributed by atoms with Crippen LogP contribution in [0.3, 0.4) is 0 Å². The van der Waals surface area contributed by atoms with Crippen LogP contribution in [0, 0.1) is 0 Å². The number of aromatic nitrogens is 1. The molecule has 1 N–H and O–H groups in total. The molecule has 1 aromatic carbocycles. The monoisotopic (exact) mass is 298 g/mol. The van der Waals surface area contributed by atoms with E-state index < -0.39 is 0 Å². The Kier molecular flexibility index (Phi) is 4.58. The summed E-state index contributed by atoms with van der Waals surface area (Å²) in [4.78, 5) is 5.27. The molecule has 2 aromatic heterocycles. The highest BCUT2D eigenvalue weighted by atomic mass is 32.2. The van der Waals surface area contributed by atoms with Gasteiger partial charge >= 0.3 is 0 Å². The molecule has 3 rings (SSSR count). The molecule has 0 fully saturated rings. The maximum Gasteiger partial charge on any atom is 0.134 e. The molecule has 0 spiro atoms. The van der Waals surface area contributed by atoms with Gasteiger partial charge < -0.3 is 9.73 Å². The molecule has 108 valence electrons. The van der Waals surface area contributed by atoms with Crippen LogP contribution in [0.4, 0.5) is 0 Å². The van der Waals surface area contributed by atoms with E-state index in [2.05, 4.69) is 29.4 Å². The molecular weight excluding hydrogens is 280 g/mol. The molecule has 0 aliphatic rings. The normalized spacial score (nSPS) is 12.6. The van der Waals surface area contributed by atoms with Crippen LogP contribution in [0.2, 0.25) is 0 Å². The highest BCUT2D eigenvalue weighted by Gasteiger charge is 2.15. The lowest BCUT2D eigenvalue weighted by molar-refractivity contribution is 0.464. The van der Waals surface area contributed by atoms with Crippen molar-refractivity contribution in [2.24, 2.45) is 0 Å². The number of thioether (sulfide) groups is 1. The summed E-state index contributed by atoms with van der Waals surface area (Å²) < 4.78 is 5.98. The van der Waals surface area contributed by atoms with Gasteiger partial charge in [0.2, 0.25) is 0 Å². The topological polar surface area (TPSA) is 38.1 Å². The Hall–Kier alpha value is -1.78. The zero-order valence-electron chi connectivity index (χ0n) is 12.0. The predicted octanol–water partition coefficient (Wildman–Crippen LogP) is 4.27. The molecular formula is C17H18N2OS. The van der Waals surface area contributed by atoms with Crippen molar-refractivity contribution in [3.63, 3.8) is 0 Å². The lowest BCUT2D eigenvalue weighted by Crippen LogP contribution is -2.22. The summed E-state index contributed by atoms with van der Waals surface area (Å²) in [7, 11) is 0. The SMILES string of the molecule is CCNC(CSc1ccncc1)c1cc2ccccc2o1. The van der Waals surface area contributed by atoms with Gasteiger partial charge in [0.25, 0.3) is 0 Å². The third-order valence-electron chi connectivity index (χ3n) is 3.30. The second-order valence-corrected chi connectivity index (χ2v) is 5.88. The van der Waals surface area contributed by atoms with Crippen LogP contribution in [-0.4, -0.2) is 17.3 Å². The second-order valence-electron chi connectivity index (χ2n) is 4.79. The maximum absolute atomic E-state index is 5.98. The number of para-hydroxylation sites is 1. The number of hydrogen-bond acceptors (Lipinski definition) is 4. The summed E-state index contributed by atoms with van der Waals surface area (Å²) in [5, 5.41) is 4.66. The molecule has 4 heteroatoms. The summed E-state index contributed by atoms with van der Waals surface area (Å²) in [6.45, 7) is 3.03. The first kappa shape index (κ1) is 14.2. The first-order valence-electron chi connectivity index (χ1n) is 7.11. The van der Waals surface area contributed by atoms with Crippen molar-refractivity contribution in [1.29, 1.82) is 0 Å². The average Bonchev–Trinajstić information content (AvgIpc) is 2.96. The van der Waals surface area contributed by atoms with Crippen LogP contribution >= 0.6 is 11.8 Å². The average molecular weight is 298 g/mol. The Morgan fingerprint density at radius 2 is 2.00 bits per heavy atom. The number of pyridine rings is 1. The third-order valence-corrected chi connectivity index (χ3v) is 4.41. The summed E-state index contributed by atoms with van der Waals surface area (Å²) >= 11 is 1.81. The molecule has 0 aliphatic heterocycles. The lowest BCUT2D eigenvalue weighted by atomic mass is 10.2. The van der Waals surface area contributed by atoms with Gasteiger partial charge in [-0.3, -0.25) is 4.98 Å². The van der Waals surface area contributed by atoms with E-state index in [1.54, 1.807) is 0 Å². The molecule has 0 aliphatic carbocycles. The highest BCUT2D eigenvalue weighted by Crippen LogP contribution is 2.28. The van der Waals surface area contributed by atoms with E-state index in [0.717, 1.165) is 29.0 Å². The molecule has 2 heterocycles. The lowest BCUT2D eigenvalue weighted by Gasteiger charge is -2.14. The maximum atomic E-state index is 5.98. The minimum Gasteiger partial charge on any atom is -0.459 e. The Morgan fingerprint density at radius 3 is 2.76 bits per heavy atom. The summed E-state index contributed by atoms with van der Waals surface area (Å²) in [5.74, 6) is 1.93. The largest absolute Gasteiger partial charge is 0.459 e. The number of nitrogens with one attached hydrogen (secondary N) is 1. The smallest absolute Gasteiger partial charge is 0.134 e. The van der Waals surface area contributed by atoms with Crippen LogP contribution in [0.1, 0.15) is 18.7 Å². The number of furan rings is 1. The van der Waals surface area contributed by atoms with Crippen molar-refractivity contribution in [2.75, 3.05) is 12.3 Å². The van der Waals surface area contributed by atoms with Gasteiger partial charge in [-0.1, -0.05) is 25.1 Å². The second kappa shape index (κ2) is 6.78. The fourth-order valence-electron chi connectivity index (χ4n) is 2.28. The van der Waals surface area contributed by atoms with Crippen molar-refractivity contribution in [3.05, 3.63) is 60.6 Å². The van der Waals surface area contributed by atoms with Gasteiger partial charge in [0.15, 0.2) is 0 Å². The standard InChI is InChI=1S/C17H18N2OS/c1-2-19-15(12-21-14-7-9-18-10-8-14)17-11-13-5-3-4-6-16(13)20-17/h3-11,15,19H,2,12H2,1H3. The van der Waals surface area contributed by atoms with Crippen molar-refractivity contribution >= 4 is 22.7 Å². The van der Waals surface area contributed by atoms with Crippen molar-refractivity contribution in [2.45, 2.75) is 17.9 Å². The predicted molar refractivity (Wildman–Crippen MR) is 87.6 cm³/mol. The third kappa shape index (κ3) is 3.46. The number of benzene rings is 1. The number of hydrogen-bond donors (Lipinski definition) is 1. The molecule has 1 atom stereocenters. The van der Waals surface area contributed by atoms with Crippen LogP contribution < -0.4 is 5.32 Å². The molecule has 21 heavy (non-hydrogen) atoms. The first-order valence-corrected chi connectivity index (χ1v) is 8.10. The van der Waals surface area contributed by atoms with Crippen LogP contribution in [0.15, 0.2) is 64.2 Å². The van der Waals surface area contributed by atoms with Gasteiger partial charge in [0.05, 0.1) is 6.04 Å². The summed E-state index contributed by atoms with van der Waals surface area (Å²) in [6.07, 6.45) is 3.65. The molecule has 0 radical (unpaired) electrons. The van der Waals surface area contributed by atoms with E-state index in [9.17, 15) is 0 Å². The number of fused-ring (bicyclic) bond motifs is 1. The van der Waals surface area contributed by atoms with Gasteiger partial charge in [-0.25, -0.2) is 0 Å². The van der Waals surface area contributed by atoms with Crippen molar-refractivity contribution in [1.82, 2.24) is 10.3 Å². The minimum absolute atomic E-state index is 0.209. The van der Waals surface area contributed by atoms with Crippen molar-refractivity contribution in [3.8, 4) is 0 Å². The number of nitrogens with zero attached hydrogens (tertiary/aromatic N) is 1. The highest BCUT2D eigenvalue weighted by molar-refractivity contribution is 7.99. The fourth-order valence-corrected chi connectivity index (χ4v) is 3.23. The van der Waals surface area contributed by atoms with Gasteiger partial charge in [0, 0.05) is 28.4 Å². The van der Waals surface area contributed by atoms with E-state index in [4.69, 9.17) is 4.42 Å².